The van der Waals surface area contributed by atoms with E-state index in [1.165, 1.54) is 115 Å². The highest BCUT2D eigenvalue weighted by molar-refractivity contribution is 6.87. The Hall–Kier alpha value is -6.55. The van der Waals surface area contributed by atoms with Gasteiger partial charge in [-0.3, -0.25) is 0 Å². The van der Waals surface area contributed by atoms with Crippen LogP contribution in [0.15, 0.2) is 126 Å². The molecule has 0 bridgehead atoms. The van der Waals surface area contributed by atoms with Crippen LogP contribution in [0.1, 0.15) is 74.7 Å². The molecule has 0 radical (unpaired) electrons. The van der Waals surface area contributed by atoms with Crippen molar-refractivity contribution >= 4 is 82.3 Å². The maximum absolute atomic E-state index is 4.09. The minimum Gasteiger partial charge on any atom is -0.435 e. The number of hydrogen-bond acceptors (Lipinski definition) is 0. The number of aromatic nitrogens is 1. The molecule has 3 heterocycles. The van der Waals surface area contributed by atoms with Crippen molar-refractivity contribution in [3.8, 4) is 23.5 Å². The Morgan fingerprint density at radius 2 is 0.982 bits per heavy atom. The van der Waals surface area contributed by atoms with Crippen LogP contribution in [0, 0.1) is 37.3 Å². The van der Waals surface area contributed by atoms with E-state index in [2.05, 4.69) is 190 Å². The predicted octanol–water partition coefficient (Wildman–Crippen LogP) is 12.9. The lowest BCUT2D eigenvalue weighted by atomic mass is 9.45. The standard InChI is InChI=1S/C54H43BN2/c1-8-45-32(3)53-34(5)54-33(4)46(9-2)36(7)57(54)55(56(53)35(45)6,30-28-37-16-18-43-22-20-39-12-10-14-41-24-26-47(37)51(43)49(39)41)31-29-38-17-19-44-23-21-40-13-11-15-42-25-27-48(38)52(44)50(40)42/h10-27H,8-9H2,1-7H3. The summed E-state index contributed by atoms with van der Waals surface area (Å²) in [5, 5.41) is 15.1. The van der Waals surface area contributed by atoms with E-state index in [1.807, 2.05) is 0 Å². The summed E-state index contributed by atoms with van der Waals surface area (Å²) in [5.74, 6) is 16.0. The number of fused-ring (bicyclic) bond motifs is 2. The molecule has 57 heavy (non-hydrogen) atoms. The van der Waals surface area contributed by atoms with Crippen molar-refractivity contribution in [1.82, 2.24) is 4.48 Å². The topological polar surface area (TPSA) is 7.94 Å². The van der Waals surface area contributed by atoms with Gasteiger partial charge in [-0.1, -0.05) is 111 Å². The van der Waals surface area contributed by atoms with Crippen molar-refractivity contribution < 1.29 is 4.49 Å². The molecule has 0 fully saturated rings. The molecule has 0 atom stereocenters. The van der Waals surface area contributed by atoms with Gasteiger partial charge in [-0.2, -0.15) is 11.6 Å². The van der Waals surface area contributed by atoms with Gasteiger partial charge >= 0.3 is 6.42 Å². The third kappa shape index (κ3) is 4.38. The van der Waals surface area contributed by atoms with Crippen LogP contribution in [0.3, 0.4) is 0 Å². The second-order valence-electron chi connectivity index (χ2n) is 16.4. The minimum absolute atomic E-state index is 0.953. The van der Waals surface area contributed by atoms with Gasteiger partial charge in [0.1, 0.15) is 5.71 Å². The summed E-state index contributed by atoms with van der Waals surface area (Å²) in [6.07, 6.45) is -0.149. The second-order valence-corrected chi connectivity index (χ2v) is 16.4. The summed E-state index contributed by atoms with van der Waals surface area (Å²) >= 11 is 0. The molecule has 0 N–H and O–H groups in total. The SMILES string of the molecule is CCC1=C(C)C2=C(C)c3c(C)c(CC)c(C)n3[B-](C#Cc3ccc4ccc5cccc6ccc3c4c56)(C#Cc3ccc4ccc5cccc6ccc3c4c56)[N+]2=C1C. The summed E-state index contributed by atoms with van der Waals surface area (Å²) in [6, 6.07) is 40.3. The first-order valence-electron chi connectivity index (χ1n) is 20.6. The maximum Gasteiger partial charge on any atom is 0.520 e. The Morgan fingerprint density at radius 1 is 0.526 bits per heavy atom. The molecule has 8 aromatic carbocycles. The molecule has 1 aromatic heterocycles. The first-order chi connectivity index (χ1) is 27.8. The quantitative estimate of drug-likeness (QED) is 0.0951. The second kappa shape index (κ2) is 12.0. The summed E-state index contributed by atoms with van der Waals surface area (Å²) in [4.78, 5) is 0. The van der Waals surface area contributed by atoms with Crippen LogP contribution in [0.4, 0.5) is 0 Å². The lowest BCUT2D eigenvalue weighted by Crippen LogP contribution is -2.57. The fourth-order valence-corrected chi connectivity index (χ4v) is 11.3. The molecule has 0 spiro atoms. The first-order valence-corrected chi connectivity index (χ1v) is 20.6. The zero-order chi connectivity index (χ0) is 38.9. The molecule has 0 saturated heterocycles. The van der Waals surface area contributed by atoms with Gasteiger partial charge in [-0.25, -0.2) is 0 Å². The van der Waals surface area contributed by atoms with E-state index in [0.717, 1.165) is 24.0 Å². The van der Waals surface area contributed by atoms with Gasteiger partial charge in [0.25, 0.3) is 0 Å². The monoisotopic (exact) mass is 730 g/mol. The highest BCUT2D eigenvalue weighted by Gasteiger charge is 2.51. The van der Waals surface area contributed by atoms with Gasteiger partial charge in [0.15, 0.2) is 5.70 Å². The van der Waals surface area contributed by atoms with Crippen molar-refractivity contribution in [2.75, 3.05) is 0 Å². The van der Waals surface area contributed by atoms with E-state index in [9.17, 15) is 0 Å². The fourth-order valence-electron chi connectivity index (χ4n) is 11.3. The Morgan fingerprint density at radius 3 is 1.46 bits per heavy atom. The van der Waals surface area contributed by atoms with Gasteiger partial charge in [0.05, 0.1) is 0 Å². The van der Waals surface area contributed by atoms with Crippen LogP contribution in [0.5, 0.6) is 0 Å². The van der Waals surface area contributed by atoms with Crippen molar-refractivity contribution in [2.45, 2.75) is 61.3 Å². The van der Waals surface area contributed by atoms with Crippen LogP contribution < -0.4 is 0 Å². The maximum atomic E-state index is 4.09. The number of nitrogens with zero attached hydrogens (tertiary/aromatic N) is 2. The zero-order valence-corrected chi connectivity index (χ0v) is 33.8. The zero-order valence-electron chi connectivity index (χ0n) is 33.8. The van der Waals surface area contributed by atoms with Gasteiger partial charge < -0.3 is 8.96 Å². The average Bonchev–Trinajstić information content (AvgIpc) is 3.66. The van der Waals surface area contributed by atoms with Crippen molar-refractivity contribution in [2.24, 2.45) is 0 Å². The van der Waals surface area contributed by atoms with Gasteiger partial charge in [0, 0.05) is 40.5 Å². The van der Waals surface area contributed by atoms with E-state index in [0.29, 0.717) is 0 Å². The van der Waals surface area contributed by atoms with E-state index >= 15 is 0 Å². The minimum atomic E-state index is -2.06. The van der Waals surface area contributed by atoms with Gasteiger partial charge in [0.2, 0.25) is 0 Å². The summed E-state index contributed by atoms with van der Waals surface area (Å²) in [6.45, 7) is 16.1. The normalized spacial score (nSPS) is 15.1. The summed E-state index contributed by atoms with van der Waals surface area (Å²) in [5.41, 5.74) is 13.9. The molecule has 0 amide bonds. The van der Waals surface area contributed by atoms with Gasteiger partial charge in [-0.05, 0) is 134 Å². The summed E-state index contributed by atoms with van der Waals surface area (Å²) < 4.78 is 5.13. The molecule has 3 heteroatoms. The Bertz CT molecular complexity index is 3290. The molecular weight excluding hydrogens is 687 g/mol. The molecule has 11 rings (SSSR count). The van der Waals surface area contributed by atoms with Crippen LogP contribution >= 0.6 is 0 Å². The average molecular weight is 731 g/mol. The molecule has 2 aliphatic heterocycles. The smallest absolute Gasteiger partial charge is 0.435 e. The fraction of sp³-hybridized carbons (Fsp3) is 0.167. The third-order valence-corrected chi connectivity index (χ3v) is 13.7. The summed E-state index contributed by atoms with van der Waals surface area (Å²) in [7, 11) is 0. The number of rotatable bonds is 2. The highest BCUT2D eigenvalue weighted by Crippen LogP contribution is 2.44. The van der Waals surface area contributed by atoms with E-state index in [1.54, 1.807) is 0 Å². The lowest BCUT2D eigenvalue weighted by Gasteiger charge is -2.38. The Balaban J connectivity index is 1.26. The van der Waals surface area contributed by atoms with Crippen LogP contribution in [-0.2, 0) is 6.42 Å². The van der Waals surface area contributed by atoms with E-state index in [4.69, 9.17) is 0 Å². The van der Waals surface area contributed by atoms with Crippen molar-refractivity contribution in [1.29, 1.82) is 0 Å². The molecule has 0 aliphatic carbocycles. The van der Waals surface area contributed by atoms with Crippen molar-refractivity contribution in [3.63, 3.8) is 0 Å². The number of benzene rings is 8. The van der Waals surface area contributed by atoms with E-state index in [-0.39, 0.29) is 0 Å². The molecular formula is C54H43BN2. The van der Waals surface area contributed by atoms with Crippen molar-refractivity contribution in [3.05, 3.63) is 160 Å². The lowest BCUT2D eigenvalue weighted by molar-refractivity contribution is -0.330. The highest BCUT2D eigenvalue weighted by atomic mass is 15.2. The molecule has 272 valence electrons. The molecule has 9 aromatic rings. The van der Waals surface area contributed by atoms with Crippen LogP contribution in [0.25, 0.3) is 70.2 Å². The predicted molar refractivity (Wildman–Crippen MR) is 245 cm³/mol. The van der Waals surface area contributed by atoms with E-state index < -0.39 is 6.42 Å². The number of allylic oxidation sites excluding steroid dienone is 3. The first kappa shape index (κ1) is 33.8. The number of hydrogen-bond donors (Lipinski definition) is 0. The molecule has 0 saturated carbocycles. The Labute approximate surface area is 334 Å². The van der Waals surface area contributed by atoms with Crippen LogP contribution in [0.2, 0.25) is 0 Å². The molecule has 2 aliphatic rings. The third-order valence-electron chi connectivity index (χ3n) is 13.7. The van der Waals surface area contributed by atoms with Crippen LogP contribution in [-0.4, -0.2) is 21.1 Å². The van der Waals surface area contributed by atoms with Gasteiger partial charge in [-0.15, -0.1) is 11.8 Å². The molecule has 2 nitrogen and oxygen atoms in total. The largest absolute Gasteiger partial charge is 0.520 e. The Kier molecular flexibility index (Phi) is 7.10. The molecule has 0 unspecified atom stereocenters.